The van der Waals surface area contributed by atoms with E-state index in [4.69, 9.17) is 9.47 Å². The van der Waals surface area contributed by atoms with Crippen molar-refractivity contribution in [2.45, 2.75) is 31.8 Å². The Kier molecular flexibility index (Phi) is 4.30. The van der Waals surface area contributed by atoms with Crippen molar-refractivity contribution in [2.24, 2.45) is 0 Å². The van der Waals surface area contributed by atoms with E-state index in [0.717, 1.165) is 36.4 Å². The van der Waals surface area contributed by atoms with Crippen LogP contribution in [0, 0.1) is 0 Å². The van der Waals surface area contributed by atoms with E-state index in [0.29, 0.717) is 30.2 Å². The van der Waals surface area contributed by atoms with Gasteiger partial charge in [0, 0.05) is 12.1 Å². The number of anilines is 2. The fraction of sp³-hybridized carbons (Fsp3) is 0.364. The highest BCUT2D eigenvalue weighted by Gasteiger charge is 2.36. The van der Waals surface area contributed by atoms with Crippen molar-refractivity contribution in [3.8, 4) is 11.5 Å². The average Bonchev–Trinajstić information content (AvgIpc) is 3.24. The maximum absolute atomic E-state index is 12.8. The number of rotatable bonds is 3. The molecule has 2 atom stereocenters. The van der Waals surface area contributed by atoms with Gasteiger partial charge in [-0.05, 0) is 55.7 Å². The second kappa shape index (κ2) is 6.99. The Labute approximate surface area is 169 Å². The van der Waals surface area contributed by atoms with Crippen LogP contribution in [0.2, 0.25) is 0 Å². The molecule has 0 spiro atoms. The summed E-state index contributed by atoms with van der Waals surface area (Å²) >= 11 is 0. The topological polar surface area (TPSA) is 79.9 Å². The molecule has 1 saturated heterocycles. The first kappa shape index (κ1) is 17.8. The predicted octanol–water partition coefficient (Wildman–Crippen LogP) is 2.87. The zero-order valence-electron chi connectivity index (χ0n) is 16.2. The van der Waals surface area contributed by atoms with Gasteiger partial charge in [0.05, 0.1) is 17.4 Å². The summed E-state index contributed by atoms with van der Waals surface area (Å²) in [5, 5.41) is 5.98. The highest BCUT2D eigenvalue weighted by atomic mass is 16.6. The Morgan fingerprint density at radius 3 is 2.86 bits per heavy atom. The van der Waals surface area contributed by atoms with Gasteiger partial charge in [0.2, 0.25) is 5.91 Å². The minimum atomic E-state index is -0.202. The van der Waals surface area contributed by atoms with Gasteiger partial charge in [0.1, 0.15) is 19.3 Å². The lowest BCUT2D eigenvalue weighted by Gasteiger charge is -2.33. The lowest BCUT2D eigenvalue weighted by atomic mass is 10.0. The smallest absolute Gasteiger partial charge is 0.251 e. The summed E-state index contributed by atoms with van der Waals surface area (Å²) in [7, 11) is 0. The third kappa shape index (κ3) is 3.16. The van der Waals surface area contributed by atoms with Crippen LogP contribution in [-0.2, 0) is 4.79 Å². The number of fused-ring (bicyclic) bond motifs is 4. The summed E-state index contributed by atoms with van der Waals surface area (Å²) in [6.45, 7) is 3.87. The Balaban J connectivity index is 1.33. The fourth-order valence-corrected chi connectivity index (χ4v) is 4.26. The molecule has 1 fully saturated rings. The van der Waals surface area contributed by atoms with Gasteiger partial charge < -0.3 is 25.0 Å². The minimum Gasteiger partial charge on any atom is -0.486 e. The summed E-state index contributed by atoms with van der Waals surface area (Å²) in [6, 6.07) is 10.9. The third-order valence-corrected chi connectivity index (χ3v) is 5.80. The van der Waals surface area contributed by atoms with E-state index < -0.39 is 0 Å². The molecular formula is C22H23N3O4. The fourth-order valence-electron chi connectivity index (χ4n) is 4.26. The van der Waals surface area contributed by atoms with Gasteiger partial charge in [-0.25, -0.2) is 0 Å². The normalized spacial score (nSPS) is 20.4. The Bertz CT molecular complexity index is 990. The quantitative estimate of drug-likeness (QED) is 0.838. The summed E-state index contributed by atoms with van der Waals surface area (Å²) in [5.41, 5.74) is 3.15. The molecule has 150 valence electrons. The Hall–Kier alpha value is -3.22. The SMILES string of the molecule is C[C@H](NC(=O)c1ccc2c(c1)NC(=O)[C@@H]1CCCN21)c1ccc2c(c1)OCCO2. The van der Waals surface area contributed by atoms with Gasteiger partial charge in [-0.1, -0.05) is 6.07 Å². The number of carbonyl (C=O) groups is 2. The monoisotopic (exact) mass is 393 g/mol. The highest BCUT2D eigenvalue weighted by molar-refractivity contribution is 6.06. The molecule has 29 heavy (non-hydrogen) atoms. The molecule has 3 aliphatic rings. The van der Waals surface area contributed by atoms with Crippen LogP contribution in [0.15, 0.2) is 36.4 Å². The van der Waals surface area contributed by atoms with Gasteiger partial charge in [0.25, 0.3) is 5.91 Å². The van der Waals surface area contributed by atoms with Gasteiger partial charge >= 0.3 is 0 Å². The zero-order valence-corrected chi connectivity index (χ0v) is 16.2. The molecule has 3 aliphatic heterocycles. The number of nitrogens with one attached hydrogen (secondary N) is 2. The largest absolute Gasteiger partial charge is 0.486 e. The number of nitrogens with zero attached hydrogens (tertiary/aromatic N) is 1. The van der Waals surface area contributed by atoms with Gasteiger partial charge in [-0.3, -0.25) is 9.59 Å². The van der Waals surface area contributed by atoms with Crippen LogP contribution >= 0.6 is 0 Å². The summed E-state index contributed by atoms with van der Waals surface area (Å²) in [5.74, 6) is 1.25. The maximum atomic E-state index is 12.8. The number of ether oxygens (including phenoxy) is 2. The van der Waals surface area contributed by atoms with Crippen molar-refractivity contribution in [3.63, 3.8) is 0 Å². The molecule has 3 heterocycles. The molecule has 7 nitrogen and oxygen atoms in total. The molecule has 0 aromatic heterocycles. The van der Waals surface area contributed by atoms with Crippen molar-refractivity contribution >= 4 is 23.2 Å². The molecule has 0 radical (unpaired) electrons. The lowest BCUT2D eigenvalue weighted by Crippen LogP contribution is -2.44. The minimum absolute atomic E-state index is 0.0113. The number of hydrogen-bond donors (Lipinski definition) is 2. The van der Waals surface area contributed by atoms with Crippen LogP contribution < -0.4 is 25.0 Å². The molecule has 0 aliphatic carbocycles. The maximum Gasteiger partial charge on any atom is 0.251 e. The molecule has 2 amide bonds. The number of benzene rings is 2. The molecule has 2 N–H and O–H groups in total. The van der Waals surface area contributed by atoms with Gasteiger partial charge in [-0.2, -0.15) is 0 Å². The number of amides is 2. The molecule has 0 bridgehead atoms. The average molecular weight is 393 g/mol. The Morgan fingerprint density at radius 1 is 1.17 bits per heavy atom. The summed E-state index contributed by atoms with van der Waals surface area (Å²) in [4.78, 5) is 27.3. The van der Waals surface area contributed by atoms with E-state index in [1.165, 1.54) is 0 Å². The lowest BCUT2D eigenvalue weighted by molar-refractivity contribution is -0.117. The molecule has 5 rings (SSSR count). The molecule has 2 aromatic carbocycles. The standard InChI is InChI=1S/C22H23N3O4/c1-13(14-5-7-19-20(12-14)29-10-9-28-19)23-21(26)15-4-6-17-16(11-15)24-22(27)18-3-2-8-25(17)18/h4-7,11-13,18H,2-3,8-10H2,1H3,(H,23,26)(H,24,27)/t13-,18-/m0/s1. The number of carbonyl (C=O) groups excluding carboxylic acids is 2. The predicted molar refractivity (Wildman–Crippen MR) is 109 cm³/mol. The molecule has 2 aromatic rings. The van der Waals surface area contributed by atoms with Crippen LogP contribution in [0.5, 0.6) is 11.5 Å². The molecule has 0 unspecified atom stereocenters. The first-order chi connectivity index (χ1) is 14.1. The molecule has 7 heteroatoms. The van der Waals surface area contributed by atoms with Crippen LogP contribution in [0.25, 0.3) is 0 Å². The van der Waals surface area contributed by atoms with Crippen LogP contribution in [0.4, 0.5) is 11.4 Å². The second-order valence-corrected chi connectivity index (χ2v) is 7.67. The van der Waals surface area contributed by atoms with E-state index in [9.17, 15) is 9.59 Å². The van der Waals surface area contributed by atoms with E-state index >= 15 is 0 Å². The molecule has 0 saturated carbocycles. The van der Waals surface area contributed by atoms with Crippen molar-refractivity contribution in [2.75, 3.05) is 30.0 Å². The first-order valence-corrected chi connectivity index (χ1v) is 10.0. The van der Waals surface area contributed by atoms with Gasteiger partial charge in [0.15, 0.2) is 11.5 Å². The first-order valence-electron chi connectivity index (χ1n) is 10.0. The van der Waals surface area contributed by atoms with Crippen LogP contribution in [-0.4, -0.2) is 37.6 Å². The van der Waals surface area contributed by atoms with Crippen LogP contribution in [0.3, 0.4) is 0 Å². The van der Waals surface area contributed by atoms with E-state index in [-0.39, 0.29) is 23.9 Å². The van der Waals surface area contributed by atoms with E-state index in [1.54, 1.807) is 6.07 Å². The Morgan fingerprint density at radius 2 is 2.00 bits per heavy atom. The highest BCUT2D eigenvalue weighted by Crippen LogP contribution is 2.37. The van der Waals surface area contributed by atoms with E-state index in [1.807, 2.05) is 37.3 Å². The molecular weight excluding hydrogens is 370 g/mol. The summed E-state index contributed by atoms with van der Waals surface area (Å²) < 4.78 is 11.2. The second-order valence-electron chi connectivity index (χ2n) is 7.67. The third-order valence-electron chi connectivity index (χ3n) is 5.80. The zero-order chi connectivity index (χ0) is 20.0. The summed E-state index contributed by atoms with van der Waals surface area (Å²) in [6.07, 6.45) is 1.88. The van der Waals surface area contributed by atoms with E-state index in [2.05, 4.69) is 15.5 Å². The van der Waals surface area contributed by atoms with Crippen molar-refractivity contribution in [1.82, 2.24) is 5.32 Å². The van der Waals surface area contributed by atoms with Crippen molar-refractivity contribution < 1.29 is 19.1 Å². The number of hydrogen-bond acceptors (Lipinski definition) is 5. The van der Waals surface area contributed by atoms with Crippen molar-refractivity contribution in [1.29, 1.82) is 0 Å². The van der Waals surface area contributed by atoms with Crippen LogP contribution in [0.1, 0.15) is 41.7 Å². The van der Waals surface area contributed by atoms with Gasteiger partial charge in [-0.15, -0.1) is 0 Å². The van der Waals surface area contributed by atoms with Crippen molar-refractivity contribution in [3.05, 3.63) is 47.5 Å².